The number of carbonyl (C=O) groups excluding carboxylic acids is 1. The number of para-hydroxylation sites is 1. The van der Waals surface area contributed by atoms with Crippen molar-refractivity contribution in [2.75, 3.05) is 11.9 Å². The SMILES string of the molecule is Cc1c(Cl)cccc1-n1c(C)cc([C@@H]2[C@H](c3ccccn3)NC(=S)N2CC(=O)Nc2ccccc2)c1C. The first kappa shape index (κ1) is 25.0. The molecule has 0 bridgehead atoms. The number of hydrogen-bond donors (Lipinski definition) is 2. The summed E-state index contributed by atoms with van der Waals surface area (Å²) in [7, 11) is 0. The summed E-state index contributed by atoms with van der Waals surface area (Å²) >= 11 is 12.2. The van der Waals surface area contributed by atoms with Crippen molar-refractivity contribution in [1.82, 2.24) is 19.8 Å². The second-order valence-electron chi connectivity index (χ2n) is 9.21. The van der Waals surface area contributed by atoms with E-state index in [-0.39, 0.29) is 24.5 Å². The lowest BCUT2D eigenvalue weighted by atomic mass is 9.96. The Kier molecular flexibility index (Phi) is 7.00. The number of rotatable bonds is 6. The van der Waals surface area contributed by atoms with Crippen molar-refractivity contribution in [3.63, 3.8) is 0 Å². The van der Waals surface area contributed by atoms with Gasteiger partial charge >= 0.3 is 0 Å². The molecule has 3 heterocycles. The number of amides is 1. The third kappa shape index (κ3) is 4.84. The predicted octanol–water partition coefficient (Wildman–Crippen LogP) is 6.06. The smallest absolute Gasteiger partial charge is 0.244 e. The molecule has 4 aromatic rings. The summed E-state index contributed by atoms with van der Waals surface area (Å²) in [5.41, 5.74) is 6.87. The average Bonchev–Trinajstić information content (AvgIpc) is 3.36. The Labute approximate surface area is 227 Å². The minimum atomic E-state index is -0.233. The molecule has 0 spiro atoms. The number of benzene rings is 2. The summed E-state index contributed by atoms with van der Waals surface area (Å²) in [5.74, 6) is -0.137. The average molecular weight is 530 g/mol. The monoisotopic (exact) mass is 529 g/mol. The summed E-state index contributed by atoms with van der Waals surface area (Å²) in [4.78, 5) is 19.7. The predicted molar refractivity (Wildman–Crippen MR) is 152 cm³/mol. The Hall–Kier alpha value is -3.68. The molecule has 0 radical (unpaired) electrons. The molecule has 1 aliphatic rings. The maximum Gasteiger partial charge on any atom is 0.244 e. The summed E-state index contributed by atoms with van der Waals surface area (Å²) in [6, 6.07) is 23.0. The van der Waals surface area contributed by atoms with Crippen molar-refractivity contribution < 1.29 is 4.79 Å². The highest BCUT2D eigenvalue weighted by Crippen LogP contribution is 2.41. The second kappa shape index (κ2) is 10.4. The zero-order valence-electron chi connectivity index (χ0n) is 20.9. The zero-order valence-corrected chi connectivity index (χ0v) is 22.5. The number of halogens is 1. The normalized spacial score (nSPS) is 17.1. The third-order valence-electron chi connectivity index (χ3n) is 6.84. The van der Waals surface area contributed by atoms with Gasteiger partial charge in [0.05, 0.1) is 17.8 Å². The Morgan fingerprint density at radius 3 is 2.54 bits per heavy atom. The minimum absolute atomic E-state index is 0.106. The molecule has 188 valence electrons. The number of pyridine rings is 1. The van der Waals surface area contributed by atoms with Gasteiger partial charge in [0.25, 0.3) is 0 Å². The van der Waals surface area contributed by atoms with Crippen LogP contribution < -0.4 is 10.6 Å². The molecular formula is C29H28ClN5OS. The highest BCUT2D eigenvalue weighted by atomic mass is 35.5. The van der Waals surface area contributed by atoms with E-state index in [0.29, 0.717) is 5.11 Å². The van der Waals surface area contributed by atoms with Crippen molar-refractivity contribution >= 4 is 40.5 Å². The standard InChI is InChI=1S/C29H28ClN5OS/c1-18-16-22(20(3)35(18)25-14-9-12-23(30)19(25)2)28-27(24-13-7-8-15-31-24)33-29(37)34(28)17-26(36)32-21-10-5-4-6-11-21/h4-16,27-28H,17H2,1-3H3,(H,32,36)(H,33,37)/t27-,28+/m0/s1. The van der Waals surface area contributed by atoms with E-state index in [1.54, 1.807) is 6.20 Å². The largest absolute Gasteiger partial charge is 0.352 e. The number of nitrogens with one attached hydrogen (secondary N) is 2. The lowest BCUT2D eigenvalue weighted by molar-refractivity contribution is -0.116. The van der Waals surface area contributed by atoms with Crippen molar-refractivity contribution in [3.8, 4) is 5.69 Å². The van der Waals surface area contributed by atoms with E-state index >= 15 is 0 Å². The van der Waals surface area contributed by atoms with E-state index in [1.807, 2.05) is 72.5 Å². The second-order valence-corrected chi connectivity index (χ2v) is 10.0. The van der Waals surface area contributed by atoms with Crippen LogP contribution >= 0.6 is 23.8 Å². The van der Waals surface area contributed by atoms with Gasteiger partial charge in [0.1, 0.15) is 6.54 Å². The molecule has 2 aromatic heterocycles. The molecule has 37 heavy (non-hydrogen) atoms. The molecule has 1 amide bonds. The van der Waals surface area contributed by atoms with Gasteiger partial charge in [0, 0.05) is 34.0 Å². The third-order valence-corrected chi connectivity index (χ3v) is 7.60. The van der Waals surface area contributed by atoms with Gasteiger partial charge in [0.2, 0.25) is 5.91 Å². The number of hydrogen-bond acceptors (Lipinski definition) is 3. The molecule has 2 atom stereocenters. The number of anilines is 1. The van der Waals surface area contributed by atoms with Crippen LogP contribution in [0.4, 0.5) is 5.69 Å². The molecule has 0 unspecified atom stereocenters. The van der Waals surface area contributed by atoms with Crippen LogP contribution in [-0.2, 0) is 4.79 Å². The van der Waals surface area contributed by atoms with E-state index in [2.05, 4.69) is 46.2 Å². The summed E-state index contributed by atoms with van der Waals surface area (Å²) in [6.45, 7) is 6.31. The van der Waals surface area contributed by atoms with Crippen molar-refractivity contribution in [3.05, 3.63) is 112 Å². The van der Waals surface area contributed by atoms with Gasteiger partial charge in [-0.2, -0.15) is 0 Å². The van der Waals surface area contributed by atoms with E-state index in [0.717, 1.165) is 44.6 Å². The van der Waals surface area contributed by atoms with Crippen LogP contribution in [-0.4, -0.2) is 32.0 Å². The molecule has 1 aliphatic heterocycles. The Morgan fingerprint density at radius 1 is 1.05 bits per heavy atom. The molecule has 1 saturated heterocycles. The zero-order chi connectivity index (χ0) is 26.1. The molecule has 6 nitrogen and oxygen atoms in total. The number of thiocarbonyl (C=S) groups is 1. The molecule has 0 saturated carbocycles. The van der Waals surface area contributed by atoms with Gasteiger partial charge in [-0.15, -0.1) is 0 Å². The van der Waals surface area contributed by atoms with Crippen LogP contribution in [0.2, 0.25) is 5.02 Å². The highest BCUT2D eigenvalue weighted by Gasteiger charge is 2.42. The van der Waals surface area contributed by atoms with E-state index < -0.39 is 0 Å². The molecule has 8 heteroatoms. The van der Waals surface area contributed by atoms with Crippen molar-refractivity contribution in [2.24, 2.45) is 0 Å². The first-order valence-corrected chi connectivity index (χ1v) is 12.9. The van der Waals surface area contributed by atoms with Crippen LogP contribution in [0.3, 0.4) is 0 Å². The molecule has 5 rings (SSSR count). The van der Waals surface area contributed by atoms with Crippen molar-refractivity contribution in [2.45, 2.75) is 32.9 Å². The Bertz CT molecular complexity index is 1450. The number of aryl methyl sites for hydroxylation is 1. The van der Waals surface area contributed by atoms with Gasteiger partial charge in [0.15, 0.2) is 5.11 Å². The van der Waals surface area contributed by atoms with E-state index in [4.69, 9.17) is 23.8 Å². The number of carbonyl (C=O) groups is 1. The van der Waals surface area contributed by atoms with Crippen LogP contribution in [0.25, 0.3) is 5.69 Å². The fraction of sp³-hybridized carbons (Fsp3) is 0.207. The van der Waals surface area contributed by atoms with Crippen LogP contribution in [0.5, 0.6) is 0 Å². The Balaban J connectivity index is 1.56. The number of aromatic nitrogens is 2. The van der Waals surface area contributed by atoms with Gasteiger partial charge in [-0.3, -0.25) is 9.78 Å². The van der Waals surface area contributed by atoms with Crippen LogP contribution in [0, 0.1) is 20.8 Å². The topological polar surface area (TPSA) is 62.2 Å². The summed E-state index contributed by atoms with van der Waals surface area (Å²) in [5, 5.41) is 7.67. The molecule has 2 N–H and O–H groups in total. The molecule has 2 aromatic carbocycles. The first-order valence-electron chi connectivity index (χ1n) is 12.1. The van der Waals surface area contributed by atoms with Crippen molar-refractivity contribution in [1.29, 1.82) is 0 Å². The van der Waals surface area contributed by atoms with E-state index in [9.17, 15) is 4.79 Å². The lowest BCUT2D eigenvalue weighted by Gasteiger charge is -2.27. The fourth-order valence-electron chi connectivity index (χ4n) is 5.09. The van der Waals surface area contributed by atoms with Crippen LogP contribution in [0.15, 0.2) is 79.0 Å². The maximum atomic E-state index is 13.1. The van der Waals surface area contributed by atoms with Gasteiger partial charge in [-0.05, 0) is 86.6 Å². The lowest BCUT2D eigenvalue weighted by Crippen LogP contribution is -2.37. The van der Waals surface area contributed by atoms with Crippen LogP contribution in [0.1, 0.15) is 40.3 Å². The Morgan fingerprint density at radius 2 is 1.81 bits per heavy atom. The van der Waals surface area contributed by atoms with Gasteiger partial charge in [-0.1, -0.05) is 41.9 Å². The molecular weight excluding hydrogens is 502 g/mol. The first-order chi connectivity index (χ1) is 17.8. The molecule has 0 aliphatic carbocycles. The van der Waals surface area contributed by atoms with Gasteiger partial charge < -0.3 is 20.1 Å². The van der Waals surface area contributed by atoms with Gasteiger partial charge in [-0.25, -0.2) is 0 Å². The fourth-order valence-corrected chi connectivity index (χ4v) is 5.56. The summed E-state index contributed by atoms with van der Waals surface area (Å²) in [6.07, 6.45) is 1.78. The highest BCUT2D eigenvalue weighted by molar-refractivity contribution is 7.80. The molecule has 1 fully saturated rings. The maximum absolute atomic E-state index is 13.1. The minimum Gasteiger partial charge on any atom is -0.352 e. The quantitative estimate of drug-likeness (QED) is 0.297. The van der Waals surface area contributed by atoms with E-state index in [1.165, 1.54) is 0 Å². The summed E-state index contributed by atoms with van der Waals surface area (Å²) < 4.78 is 2.22. The number of nitrogens with zero attached hydrogens (tertiary/aromatic N) is 3.